The van der Waals surface area contributed by atoms with Gasteiger partial charge in [0.15, 0.2) is 0 Å². The first-order chi connectivity index (χ1) is 10.0. The molecule has 1 aromatic rings. The molecule has 0 aliphatic carbocycles. The van der Waals surface area contributed by atoms with E-state index in [1.54, 1.807) is 12.1 Å². The maximum absolute atomic E-state index is 12.2. The maximum atomic E-state index is 12.2. The van der Waals surface area contributed by atoms with Crippen molar-refractivity contribution in [3.63, 3.8) is 0 Å². The van der Waals surface area contributed by atoms with Gasteiger partial charge in [-0.2, -0.15) is 0 Å². The molecule has 114 valence electrons. The number of ether oxygens (including phenoxy) is 1. The number of nitrogens with zero attached hydrogens (tertiary/aromatic N) is 1. The van der Waals surface area contributed by atoms with Crippen LogP contribution in [0.15, 0.2) is 24.3 Å². The average molecular weight is 292 g/mol. The fourth-order valence-corrected chi connectivity index (χ4v) is 2.56. The standard InChI is InChI=1S/C15H20N2O4/c1-21-12-8-13(15(19)20)17(9-12)14(18)7-4-10-2-5-11(16)6-3-10/h2-3,5-6,12-13H,4,7-9,16H2,1H3,(H,19,20). The molecule has 1 aliphatic rings. The minimum absolute atomic E-state index is 0.154. The molecule has 1 saturated heterocycles. The SMILES string of the molecule is COC1CC(C(=O)O)N(C(=O)CCc2ccc(N)cc2)C1. The van der Waals surface area contributed by atoms with Crippen molar-refractivity contribution in [3.05, 3.63) is 29.8 Å². The Bertz CT molecular complexity index is 515. The number of carbonyl (C=O) groups is 2. The van der Waals surface area contributed by atoms with Crippen LogP contribution in [0.5, 0.6) is 0 Å². The number of hydrogen-bond acceptors (Lipinski definition) is 4. The number of anilines is 1. The minimum atomic E-state index is -0.976. The first kappa shape index (κ1) is 15.3. The third-order valence-corrected chi connectivity index (χ3v) is 3.81. The summed E-state index contributed by atoms with van der Waals surface area (Å²) in [5, 5.41) is 9.20. The number of methoxy groups -OCH3 is 1. The quantitative estimate of drug-likeness (QED) is 0.787. The van der Waals surface area contributed by atoms with Crippen LogP contribution in [0.2, 0.25) is 0 Å². The summed E-state index contributed by atoms with van der Waals surface area (Å²) >= 11 is 0. The molecule has 0 radical (unpaired) electrons. The van der Waals surface area contributed by atoms with Crippen molar-refractivity contribution in [1.29, 1.82) is 0 Å². The minimum Gasteiger partial charge on any atom is -0.480 e. The summed E-state index contributed by atoms with van der Waals surface area (Å²) in [6.45, 7) is 0.341. The molecule has 0 aromatic heterocycles. The van der Waals surface area contributed by atoms with Gasteiger partial charge in [-0.15, -0.1) is 0 Å². The molecule has 2 rings (SSSR count). The second kappa shape index (κ2) is 6.58. The smallest absolute Gasteiger partial charge is 0.326 e. The zero-order chi connectivity index (χ0) is 15.4. The van der Waals surface area contributed by atoms with Gasteiger partial charge in [-0.3, -0.25) is 4.79 Å². The number of carbonyl (C=O) groups excluding carboxylic acids is 1. The molecule has 6 nitrogen and oxygen atoms in total. The zero-order valence-electron chi connectivity index (χ0n) is 12.0. The fraction of sp³-hybridized carbons (Fsp3) is 0.467. The van der Waals surface area contributed by atoms with Crippen LogP contribution in [0.25, 0.3) is 0 Å². The Morgan fingerprint density at radius 1 is 1.38 bits per heavy atom. The van der Waals surface area contributed by atoms with Crippen LogP contribution in [-0.2, 0) is 20.7 Å². The highest BCUT2D eigenvalue weighted by Crippen LogP contribution is 2.21. The van der Waals surface area contributed by atoms with E-state index in [4.69, 9.17) is 10.5 Å². The Kier molecular flexibility index (Phi) is 4.80. The Labute approximate surface area is 123 Å². The third-order valence-electron chi connectivity index (χ3n) is 3.81. The number of nitrogen functional groups attached to an aromatic ring is 1. The van der Waals surface area contributed by atoms with Crippen molar-refractivity contribution in [3.8, 4) is 0 Å². The summed E-state index contributed by atoms with van der Waals surface area (Å²) in [6.07, 6.45) is 0.995. The van der Waals surface area contributed by atoms with Crippen molar-refractivity contribution in [2.75, 3.05) is 19.4 Å². The Morgan fingerprint density at radius 3 is 2.62 bits per heavy atom. The van der Waals surface area contributed by atoms with Crippen molar-refractivity contribution < 1.29 is 19.4 Å². The number of amides is 1. The molecule has 0 bridgehead atoms. The molecule has 21 heavy (non-hydrogen) atoms. The predicted molar refractivity (Wildman–Crippen MR) is 77.7 cm³/mol. The van der Waals surface area contributed by atoms with E-state index >= 15 is 0 Å². The van der Waals surface area contributed by atoms with Crippen LogP contribution in [0.4, 0.5) is 5.69 Å². The van der Waals surface area contributed by atoms with Crippen molar-refractivity contribution >= 4 is 17.6 Å². The number of carboxylic acids is 1. The van der Waals surface area contributed by atoms with E-state index in [1.807, 2.05) is 12.1 Å². The summed E-state index contributed by atoms with van der Waals surface area (Å²) < 4.78 is 5.18. The van der Waals surface area contributed by atoms with E-state index in [-0.39, 0.29) is 18.4 Å². The van der Waals surface area contributed by atoms with Gasteiger partial charge >= 0.3 is 5.97 Å². The molecule has 0 spiro atoms. The summed E-state index contributed by atoms with van der Waals surface area (Å²) in [5.41, 5.74) is 7.30. The highest BCUT2D eigenvalue weighted by Gasteiger charge is 2.39. The van der Waals surface area contributed by atoms with Gasteiger partial charge in [0.25, 0.3) is 0 Å². The van der Waals surface area contributed by atoms with Crippen molar-refractivity contribution in [2.45, 2.75) is 31.4 Å². The van der Waals surface area contributed by atoms with Gasteiger partial charge in [0.1, 0.15) is 6.04 Å². The number of benzene rings is 1. The Morgan fingerprint density at radius 2 is 2.05 bits per heavy atom. The summed E-state index contributed by atoms with van der Waals surface area (Å²) in [5.74, 6) is -1.13. The van der Waals surface area contributed by atoms with E-state index in [0.717, 1.165) is 5.56 Å². The summed E-state index contributed by atoms with van der Waals surface area (Å²) in [4.78, 5) is 24.9. The van der Waals surface area contributed by atoms with Gasteiger partial charge in [-0.05, 0) is 24.1 Å². The van der Waals surface area contributed by atoms with Crippen LogP contribution in [0, 0.1) is 0 Å². The van der Waals surface area contributed by atoms with Crippen LogP contribution >= 0.6 is 0 Å². The number of aryl methyl sites for hydroxylation is 1. The highest BCUT2D eigenvalue weighted by atomic mass is 16.5. The molecule has 1 amide bonds. The average Bonchev–Trinajstić information content (AvgIpc) is 2.91. The second-order valence-corrected chi connectivity index (χ2v) is 5.24. The maximum Gasteiger partial charge on any atom is 0.326 e. The molecule has 1 aromatic carbocycles. The lowest BCUT2D eigenvalue weighted by Crippen LogP contribution is -2.40. The molecule has 3 N–H and O–H groups in total. The lowest BCUT2D eigenvalue weighted by Gasteiger charge is -2.21. The van der Waals surface area contributed by atoms with E-state index in [9.17, 15) is 14.7 Å². The van der Waals surface area contributed by atoms with Crippen LogP contribution in [0.1, 0.15) is 18.4 Å². The van der Waals surface area contributed by atoms with Crippen LogP contribution in [0.3, 0.4) is 0 Å². The first-order valence-corrected chi connectivity index (χ1v) is 6.90. The topological polar surface area (TPSA) is 92.9 Å². The number of carboxylic acid groups (broad SMARTS) is 1. The second-order valence-electron chi connectivity index (χ2n) is 5.24. The largest absolute Gasteiger partial charge is 0.480 e. The molecular weight excluding hydrogens is 272 g/mol. The number of hydrogen-bond donors (Lipinski definition) is 2. The monoisotopic (exact) mass is 292 g/mol. The van der Waals surface area contributed by atoms with Gasteiger partial charge < -0.3 is 20.5 Å². The number of rotatable bonds is 5. The van der Waals surface area contributed by atoms with Crippen molar-refractivity contribution in [1.82, 2.24) is 4.90 Å². The summed E-state index contributed by atoms with van der Waals surface area (Å²) in [6, 6.07) is 6.54. The van der Waals surface area contributed by atoms with Gasteiger partial charge in [0, 0.05) is 32.2 Å². The number of nitrogens with two attached hydrogens (primary N) is 1. The van der Waals surface area contributed by atoms with Gasteiger partial charge in [-0.1, -0.05) is 12.1 Å². The molecular formula is C15H20N2O4. The predicted octanol–water partition coefficient (Wildman–Crippen LogP) is 0.902. The molecule has 2 atom stereocenters. The Hall–Kier alpha value is -2.08. The molecule has 2 unspecified atom stereocenters. The van der Waals surface area contributed by atoms with Crippen LogP contribution < -0.4 is 5.73 Å². The van der Waals surface area contributed by atoms with Gasteiger partial charge in [0.05, 0.1) is 6.10 Å². The Balaban J connectivity index is 1.95. The summed E-state index contributed by atoms with van der Waals surface area (Å²) in [7, 11) is 1.53. The number of aliphatic carboxylic acids is 1. The van der Waals surface area contributed by atoms with Crippen molar-refractivity contribution in [2.24, 2.45) is 0 Å². The first-order valence-electron chi connectivity index (χ1n) is 6.90. The molecule has 1 aliphatic heterocycles. The normalized spacial score (nSPS) is 21.5. The lowest BCUT2D eigenvalue weighted by molar-refractivity contribution is -0.148. The molecule has 6 heteroatoms. The van der Waals surface area contributed by atoms with Gasteiger partial charge in [0.2, 0.25) is 5.91 Å². The molecule has 0 saturated carbocycles. The van der Waals surface area contributed by atoms with Crippen LogP contribution in [-0.4, -0.2) is 47.7 Å². The van der Waals surface area contributed by atoms with E-state index in [0.29, 0.717) is 25.1 Å². The molecule has 1 heterocycles. The van der Waals surface area contributed by atoms with Gasteiger partial charge in [-0.25, -0.2) is 4.79 Å². The van der Waals surface area contributed by atoms with E-state index < -0.39 is 12.0 Å². The van der Waals surface area contributed by atoms with E-state index in [1.165, 1.54) is 12.0 Å². The number of likely N-dealkylation sites (tertiary alicyclic amines) is 1. The lowest BCUT2D eigenvalue weighted by atomic mass is 10.1. The van der Waals surface area contributed by atoms with E-state index in [2.05, 4.69) is 0 Å². The third kappa shape index (κ3) is 3.72. The fourth-order valence-electron chi connectivity index (χ4n) is 2.56. The zero-order valence-corrected chi connectivity index (χ0v) is 12.0. The highest BCUT2D eigenvalue weighted by molar-refractivity contribution is 5.84. The molecule has 1 fully saturated rings.